The third-order valence-corrected chi connectivity index (χ3v) is 4.51. The summed E-state index contributed by atoms with van der Waals surface area (Å²) in [6, 6.07) is 12.9. The molecule has 8 nitrogen and oxygen atoms in total. The summed E-state index contributed by atoms with van der Waals surface area (Å²) in [7, 11) is 0. The lowest BCUT2D eigenvalue weighted by atomic mass is 10.0. The van der Waals surface area contributed by atoms with E-state index in [-0.39, 0.29) is 24.8 Å². The molecule has 0 aliphatic carbocycles. The van der Waals surface area contributed by atoms with Gasteiger partial charge in [0.25, 0.3) is 5.91 Å². The molecule has 28 heavy (non-hydrogen) atoms. The van der Waals surface area contributed by atoms with Crippen LogP contribution >= 0.6 is 0 Å². The van der Waals surface area contributed by atoms with E-state index in [0.29, 0.717) is 28.7 Å². The predicted molar refractivity (Wildman–Crippen MR) is 102 cm³/mol. The molecule has 0 atom stereocenters. The summed E-state index contributed by atoms with van der Waals surface area (Å²) in [6.45, 7) is 4.19. The molecule has 0 bridgehead atoms. The van der Waals surface area contributed by atoms with E-state index in [2.05, 4.69) is 34.6 Å². The van der Waals surface area contributed by atoms with Crippen LogP contribution in [0.15, 0.2) is 42.5 Å². The minimum Gasteiger partial charge on any atom is -0.482 e. The van der Waals surface area contributed by atoms with Crippen LogP contribution in [0, 0.1) is 0 Å². The van der Waals surface area contributed by atoms with E-state index >= 15 is 0 Å². The van der Waals surface area contributed by atoms with E-state index in [0.717, 1.165) is 5.56 Å². The number of tetrazole rings is 1. The van der Waals surface area contributed by atoms with E-state index < -0.39 is 0 Å². The Balaban J connectivity index is 1.48. The monoisotopic (exact) mass is 377 g/mol. The van der Waals surface area contributed by atoms with E-state index in [1.54, 1.807) is 18.2 Å². The Labute approximate surface area is 161 Å². The number of ketones is 1. The molecular weight excluding hydrogens is 358 g/mol. The number of carbonyl (C=O) groups is 2. The van der Waals surface area contributed by atoms with Crippen molar-refractivity contribution >= 4 is 17.4 Å². The van der Waals surface area contributed by atoms with Crippen LogP contribution in [0.5, 0.6) is 5.75 Å². The van der Waals surface area contributed by atoms with Gasteiger partial charge in [-0.15, -0.1) is 10.2 Å². The molecule has 2 heterocycles. The van der Waals surface area contributed by atoms with Gasteiger partial charge in [0.15, 0.2) is 12.4 Å². The van der Waals surface area contributed by atoms with Crippen LogP contribution in [-0.2, 0) is 11.3 Å². The number of ether oxygens (including phenoxy) is 1. The van der Waals surface area contributed by atoms with E-state index in [4.69, 9.17) is 4.74 Å². The number of fused-ring (bicyclic) bond motifs is 1. The van der Waals surface area contributed by atoms with Crippen LogP contribution in [0.1, 0.15) is 35.7 Å². The standard InChI is InChI=1S/C20H19N5O3/c1-12(2)13-3-5-14(6-4-13)20-22-24-25(23-20)10-17(26)15-7-8-18-16(9-15)21-19(27)11-28-18/h3-9,12H,10-11H2,1-2H3,(H,21,27). The second-order valence-corrected chi connectivity index (χ2v) is 6.89. The van der Waals surface area contributed by atoms with Crippen molar-refractivity contribution < 1.29 is 14.3 Å². The summed E-state index contributed by atoms with van der Waals surface area (Å²) in [5.41, 5.74) is 3.00. The molecule has 0 fully saturated rings. The number of nitrogens with one attached hydrogen (secondary N) is 1. The fraction of sp³-hybridized carbons (Fsp3) is 0.250. The summed E-state index contributed by atoms with van der Waals surface area (Å²) in [6.07, 6.45) is 0. The molecule has 142 valence electrons. The van der Waals surface area contributed by atoms with E-state index in [1.807, 2.05) is 24.3 Å². The lowest BCUT2D eigenvalue weighted by molar-refractivity contribution is -0.118. The maximum Gasteiger partial charge on any atom is 0.262 e. The zero-order valence-electron chi connectivity index (χ0n) is 15.5. The lowest BCUT2D eigenvalue weighted by Gasteiger charge is -2.18. The molecule has 0 radical (unpaired) electrons. The maximum atomic E-state index is 12.6. The quantitative estimate of drug-likeness (QED) is 0.687. The van der Waals surface area contributed by atoms with Crippen molar-refractivity contribution in [2.75, 3.05) is 11.9 Å². The largest absolute Gasteiger partial charge is 0.482 e. The minimum absolute atomic E-state index is 0.0237. The first kappa shape index (κ1) is 17.8. The van der Waals surface area contributed by atoms with Gasteiger partial charge in [0, 0.05) is 11.1 Å². The van der Waals surface area contributed by atoms with Crippen LogP contribution in [0.2, 0.25) is 0 Å². The number of rotatable bonds is 5. The Hall–Kier alpha value is -3.55. The smallest absolute Gasteiger partial charge is 0.262 e. The Morgan fingerprint density at radius 2 is 2.00 bits per heavy atom. The molecule has 1 aliphatic heterocycles. The molecule has 1 aliphatic rings. The summed E-state index contributed by atoms with van der Waals surface area (Å²) in [5, 5.41) is 15.0. The van der Waals surface area contributed by atoms with Crippen molar-refractivity contribution in [1.82, 2.24) is 20.2 Å². The number of benzene rings is 2. The second-order valence-electron chi connectivity index (χ2n) is 6.89. The number of aromatic nitrogens is 4. The van der Waals surface area contributed by atoms with Crippen LogP contribution < -0.4 is 10.1 Å². The second kappa shape index (κ2) is 7.22. The Morgan fingerprint density at radius 1 is 1.21 bits per heavy atom. The van der Waals surface area contributed by atoms with Crippen LogP contribution in [0.3, 0.4) is 0 Å². The normalized spacial score (nSPS) is 13.0. The number of hydrogen-bond donors (Lipinski definition) is 1. The molecule has 0 saturated heterocycles. The van der Waals surface area contributed by atoms with Gasteiger partial charge in [0.2, 0.25) is 5.82 Å². The highest BCUT2D eigenvalue weighted by Crippen LogP contribution is 2.28. The number of nitrogens with zero attached hydrogens (tertiary/aromatic N) is 4. The van der Waals surface area contributed by atoms with Gasteiger partial charge in [-0.3, -0.25) is 9.59 Å². The number of amides is 1. The summed E-state index contributed by atoms with van der Waals surface area (Å²) in [5.74, 6) is 1.02. The summed E-state index contributed by atoms with van der Waals surface area (Å²) < 4.78 is 5.30. The van der Waals surface area contributed by atoms with Crippen molar-refractivity contribution in [1.29, 1.82) is 0 Å². The molecular formula is C20H19N5O3. The third kappa shape index (κ3) is 3.62. The average Bonchev–Trinajstić information content (AvgIpc) is 3.16. The first-order chi connectivity index (χ1) is 13.5. The predicted octanol–water partition coefficient (Wildman–Crippen LogP) is 2.68. The fourth-order valence-electron chi connectivity index (χ4n) is 2.92. The van der Waals surface area contributed by atoms with Crippen molar-refractivity contribution in [3.63, 3.8) is 0 Å². The summed E-state index contributed by atoms with van der Waals surface area (Å²) in [4.78, 5) is 25.3. The van der Waals surface area contributed by atoms with Crippen molar-refractivity contribution in [2.24, 2.45) is 0 Å². The Bertz CT molecular complexity index is 1040. The molecule has 2 aromatic carbocycles. The van der Waals surface area contributed by atoms with Gasteiger partial charge in [-0.1, -0.05) is 38.1 Å². The van der Waals surface area contributed by atoms with Gasteiger partial charge in [-0.25, -0.2) is 0 Å². The van der Waals surface area contributed by atoms with Crippen LogP contribution in [-0.4, -0.2) is 38.5 Å². The fourth-order valence-corrected chi connectivity index (χ4v) is 2.92. The van der Waals surface area contributed by atoms with Gasteiger partial charge in [-0.05, 0) is 34.9 Å². The van der Waals surface area contributed by atoms with Gasteiger partial charge in [0.05, 0.1) is 5.69 Å². The molecule has 0 unspecified atom stereocenters. The zero-order valence-corrected chi connectivity index (χ0v) is 15.5. The number of hydrogen-bond acceptors (Lipinski definition) is 6. The Morgan fingerprint density at radius 3 is 2.75 bits per heavy atom. The highest BCUT2D eigenvalue weighted by molar-refractivity contribution is 6.00. The third-order valence-electron chi connectivity index (χ3n) is 4.51. The van der Waals surface area contributed by atoms with Crippen molar-refractivity contribution in [3.8, 4) is 17.1 Å². The van der Waals surface area contributed by atoms with Crippen molar-refractivity contribution in [3.05, 3.63) is 53.6 Å². The van der Waals surface area contributed by atoms with Crippen LogP contribution in [0.25, 0.3) is 11.4 Å². The van der Waals surface area contributed by atoms with Gasteiger partial charge in [0.1, 0.15) is 12.3 Å². The minimum atomic E-state index is -0.247. The van der Waals surface area contributed by atoms with Crippen molar-refractivity contribution in [2.45, 2.75) is 26.3 Å². The first-order valence-electron chi connectivity index (χ1n) is 8.97. The molecule has 1 aromatic heterocycles. The number of anilines is 1. The van der Waals surface area contributed by atoms with Gasteiger partial charge >= 0.3 is 0 Å². The molecule has 0 saturated carbocycles. The number of Topliss-reactive ketones (excluding diaryl/α,β-unsaturated/α-hetero) is 1. The topological polar surface area (TPSA) is 99.0 Å². The average molecular weight is 377 g/mol. The molecule has 1 amide bonds. The molecule has 1 N–H and O–H groups in total. The molecule has 8 heteroatoms. The lowest BCUT2D eigenvalue weighted by Crippen LogP contribution is -2.25. The highest BCUT2D eigenvalue weighted by Gasteiger charge is 2.18. The molecule has 0 spiro atoms. The molecule has 4 rings (SSSR count). The number of carbonyl (C=O) groups excluding carboxylic acids is 2. The SMILES string of the molecule is CC(C)c1ccc(-c2nnn(CC(=O)c3ccc4c(c3)NC(=O)CO4)n2)cc1. The highest BCUT2D eigenvalue weighted by atomic mass is 16.5. The van der Waals surface area contributed by atoms with E-state index in [1.165, 1.54) is 10.4 Å². The Kier molecular flexibility index (Phi) is 4.60. The van der Waals surface area contributed by atoms with Gasteiger partial charge in [-0.2, -0.15) is 4.80 Å². The van der Waals surface area contributed by atoms with Crippen LogP contribution in [0.4, 0.5) is 5.69 Å². The van der Waals surface area contributed by atoms with E-state index in [9.17, 15) is 9.59 Å². The molecule has 3 aromatic rings. The van der Waals surface area contributed by atoms with Gasteiger partial charge < -0.3 is 10.1 Å². The maximum absolute atomic E-state index is 12.6. The first-order valence-corrected chi connectivity index (χ1v) is 8.97. The zero-order chi connectivity index (χ0) is 19.7. The summed E-state index contributed by atoms with van der Waals surface area (Å²) >= 11 is 0.